The minimum atomic E-state index is -3.71. The van der Waals surface area contributed by atoms with Crippen LogP contribution in [0.25, 0.3) is 0 Å². The van der Waals surface area contributed by atoms with Crippen LogP contribution in [-0.4, -0.2) is 37.3 Å². The van der Waals surface area contributed by atoms with Crippen LogP contribution < -0.4 is 5.32 Å². The van der Waals surface area contributed by atoms with E-state index in [2.05, 4.69) is 5.32 Å². The molecule has 1 amide bonds. The Bertz CT molecular complexity index is 680. The Hall–Kier alpha value is -1.11. The van der Waals surface area contributed by atoms with E-state index in [1.165, 1.54) is 16.4 Å². The number of benzene rings is 1. The number of amides is 1. The molecule has 0 atom stereocenters. The summed E-state index contributed by atoms with van der Waals surface area (Å²) in [5.74, 6) is -0.208. The molecule has 5 nitrogen and oxygen atoms in total. The molecule has 7 heteroatoms. The minimum absolute atomic E-state index is 0.105. The summed E-state index contributed by atoms with van der Waals surface area (Å²) < 4.78 is 27.6. The van der Waals surface area contributed by atoms with Crippen LogP contribution in [0.5, 0.6) is 0 Å². The van der Waals surface area contributed by atoms with Crippen molar-refractivity contribution in [1.82, 2.24) is 9.62 Å². The van der Waals surface area contributed by atoms with Crippen molar-refractivity contribution in [3.8, 4) is 0 Å². The van der Waals surface area contributed by atoms with Gasteiger partial charge in [0.15, 0.2) is 0 Å². The lowest BCUT2D eigenvalue weighted by molar-refractivity contribution is -0.121. The third-order valence-electron chi connectivity index (χ3n) is 4.64. The van der Waals surface area contributed by atoms with Gasteiger partial charge in [0.25, 0.3) is 0 Å². The molecule has 1 aromatic carbocycles. The van der Waals surface area contributed by atoms with E-state index in [1.807, 2.05) is 0 Å². The van der Waals surface area contributed by atoms with E-state index in [-0.39, 0.29) is 29.4 Å². The third-order valence-corrected chi connectivity index (χ3v) is 6.81. The second-order valence-electron chi connectivity index (χ2n) is 6.64. The average molecular weight is 371 g/mol. The number of hydrogen-bond donors (Lipinski definition) is 1. The Morgan fingerprint density at radius 3 is 2.29 bits per heavy atom. The van der Waals surface area contributed by atoms with Crippen molar-refractivity contribution >= 4 is 27.5 Å². The van der Waals surface area contributed by atoms with Gasteiger partial charge in [0.2, 0.25) is 15.9 Å². The van der Waals surface area contributed by atoms with Crippen LogP contribution >= 0.6 is 11.6 Å². The van der Waals surface area contributed by atoms with Gasteiger partial charge in [-0.05, 0) is 49.9 Å². The van der Waals surface area contributed by atoms with Gasteiger partial charge in [0.05, 0.1) is 11.4 Å². The highest BCUT2D eigenvalue weighted by atomic mass is 35.5. The summed E-state index contributed by atoms with van der Waals surface area (Å²) in [5.41, 5.74) is 0. The highest BCUT2D eigenvalue weighted by Gasteiger charge is 2.35. The lowest BCUT2D eigenvalue weighted by Crippen LogP contribution is -2.47. The topological polar surface area (TPSA) is 66.5 Å². The van der Waals surface area contributed by atoms with E-state index in [1.54, 1.807) is 12.1 Å². The summed E-state index contributed by atoms with van der Waals surface area (Å²) in [7, 11) is -3.71. The first-order valence-electron chi connectivity index (χ1n) is 8.53. The van der Waals surface area contributed by atoms with Crippen LogP contribution in [0.2, 0.25) is 5.02 Å². The van der Waals surface area contributed by atoms with Gasteiger partial charge in [-0.25, -0.2) is 8.42 Å². The van der Waals surface area contributed by atoms with Crippen molar-refractivity contribution < 1.29 is 13.2 Å². The molecule has 132 valence electrons. The molecule has 0 radical (unpaired) electrons. The zero-order valence-electron chi connectivity index (χ0n) is 13.6. The molecule has 0 aromatic heterocycles. The van der Waals surface area contributed by atoms with Crippen molar-refractivity contribution in [3.63, 3.8) is 0 Å². The predicted octanol–water partition coefficient (Wildman–Crippen LogP) is 2.94. The normalized spacial score (nSPS) is 19.4. The Kier molecular flexibility index (Phi) is 5.47. The Morgan fingerprint density at radius 2 is 1.71 bits per heavy atom. The number of hydrogen-bond acceptors (Lipinski definition) is 3. The maximum absolute atomic E-state index is 13.1. The summed E-state index contributed by atoms with van der Waals surface area (Å²) in [5, 5.41) is 3.38. The van der Waals surface area contributed by atoms with E-state index in [0.717, 1.165) is 44.9 Å². The lowest BCUT2D eigenvalue weighted by Gasteiger charge is -2.33. The maximum atomic E-state index is 13.1. The highest BCUT2D eigenvalue weighted by Crippen LogP contribution is 2.28. The first kappa shape index (κ1) is 17.7. The van der Waals surface area contributed by atoms with Crippen LogP contribution in [0, 0.1) is 0 Å². The molecule has 24 heavy (non-hydrogen) atoms. The minimum Gasteiger partial charge on any atom is -0.352 e. The second kappa shape index (κ2) is 7.42. The molecule has 1 N–H and O–H groups in total. The van der Waals surface area contributed by atoms with Gasteiger partial charge < -0.3 is 5.32 Å². The second-order valence-corrected chi connectivity index (χ2v) is 8.96. The van der Waals surface area contributed by atoms with Gasteiger partial charge in [-0.15, -0.1) is 0 Å². The fraction of sp³-hybridized carbons (Fsp3) is 0.588. The Morgan fingerprint density at radius 1 is 1.08 bits per heavy atom. The largest absolute Gasteiger partial charge is 0.352 e. The van der Waals surface area contributed by atoms with Gasteiger partial charge in [0, 0.05) is 17.1 Å². The van der Waals surface area contributed by atoms with E-state index in [9.17, 15) is 13.2 Å². The molecule has 2 aliphatic rings. The quantitative estimate of drug-likeness (QED) is 0.837. The summed E-state index contributed by atoms with van der Waals surface area (Å²) in [6.45, 7) is -0.105. The number of nitrogens with one attached hydrogen (secondary N) is 1. The first-order chi connectivity index (χ1) is 11.5. The zero-order chi connectivity index (χ0) is 17.2. The molecule has 0 heterocycles. The summed E-state index contributed by atoms with van der Waals surface area (Å²) >= 11 is 5.87. The highest BCUT2D eigenvalue weighted by molar-refractivity contribution is 7.89. The fourth-order valence-electron chi connectivity index (χ4n) is 3.16. The van der Waals surface area contributed by atoms with Gasteiger partial charge in [-0.3, -0.25) is 4.79 Å². The number of rotatable bonds is 6. The molecule has 3 rings (SSSR count). The van der Waals surface area contributed by atoms with Crippen LogP contribution in [0.3, 0.4) is 0 Å². The molecular formula is C17H23ClN2O3S. The Labute approximate surface area is 148 Å². The molecule has 0 spiro atoms. The molecule has 0 bridgehead atoms. The van der Waals surface area contributed by atoms with Crippen LogP contribution in [0.4, 0.5) is 0 Å². The summed E-state index contributed by atoms with van der Waals surface area (Å²) in [6, 6.07) is 6.27. The molecule has 1 aromatic rings. The standard InChI is InChI=1S/C17H23ClN2O3S/c18-13-6-10-16(11-7-13)24(22,23)20(15-4-2-1-3-5-15)12-17(21)19-14-8-9-14/h6-7,10-11,14-15H,1-5,8-9,12H2,(H,19,21). The van der Waals surface area contributed by atoms with Crippen molar-refractivity contribution in [2.75, 3.05) is 6.54 Å². The number of carbonyl (C=O) groups excluding carboxylic acids is 1. The smallest absolute Gasteiger partial charge is 0.243 e. The molecule has 0 aliphatic heterocycles. The number of nitrogens with zero attached hydrogens (tertiary/aromatic N) is 1. The van der Waals surface area contributed by atoms with Gasteiger partial charge in [-0.1, -0.05) is 30.9 Å². The van der Waals surface area contributed by atoms with Crippen LogP contribution in [0.15, 0.2) is 29.2 Å². The van der Waals surface area contributed by atoms with Crippen molar-refractivity contribution in [3.05, 3.63) is 29.3 Å². The molecule has 0 unspecified atom stereocenters. The van der Waals surface area contributed by atoms with E-state index in [0.29, 0.717) is 5.02 Å². The van der Waals surface area contributed by atoms with Crippen molar-refractivity contribution in [2.24, 2.45) is 0 Å². The first-order valence-corrected chi connectivity index (χ1v) is 10.4. The maximum Gasteiger partial charge on any atom is 0.243 e. The molecular weight excluding hydrogens is 348 g/mol. The molecule has 2 fully saturated rings. The number of halogens is 1. The van der Waals surface area contributed by atoms with Gasteiger partial charge in [0.1, 0.15) is 0 Å². The van der Waals surface area contributed by atoms with Crippen LogP contribution in [0.1, 0.15) is 44.9 Å². The summed E-state index contributed by atoms with van der Waals surface area (Å²) in [4.78, 5) is 12.4. The van der Waals surface area contributed by atoms with E-state index >= 15 is 0 Å². The van der Waals surface area contributed by atoms with Crippen molar-refractivity contribution in [1.29, 1.82) is 0 Å². The van der Waals surface area contributed by atoms with E-state index in [4.69, 9.17) is 11.6 Å². The fourth-order valence-corrected chi connectivity index (χ4v) is 4.93. The third kappa shape index (κ3) is 4.29. The zero-order valence-corrected chi connectivity index (χ0v) is 15.2. The molecule has 0 saturated heterocycles. The summed E-state index contributed by atoms with van der Waals surface area (Å²) in [6.07, 6.45) is 6.72. The molecule has 2 saturated carbocycles. The number of carbonyl (C=O) groups is 1. The monoisotopic (exact) mass is 370 g/mol. The lowest BCUT2D eigenvalue weighted by atomic mass is 9.95. The van der Waals surface area contributed by atoms with Crippen molar-refractivity contribution in [2.45, 2.75) is 61.9 Å². The Balaban J connectivity index is 1.83. The predicted molar refractivity (Wildman–Crippen MR) is 93.4 cm³/mol. The van der Waals surface area contributed by atoms with Crippen LogP contribution in [-0.2, 0) is 14.8 Å². The van der Waals surface area contributed by atoms with E-state index < -0.39 is 10.0 Å². The average Bonchev–Trinajstić information content (AvgIpc) is 3.37. The van der Waals surface area contributed by atoms with Gasteiger partial charge >= 0.3 is 0 Å². The molecule has 2 aliphatic carbocycles. The number of sulfonamides is 1. The van der Waals surface area contributed by atoms with Gasteiger partial charge in [-0.2, -0.15) is 4.31 Å². The SMILES string of the molecule is O=C(CN(C1CCCCC1)S(=O)(=O)c1ccc(Cl)cc1)NC1CC1.